The lowest BCUT2D eigenvalue weighted by molar-refractivity contribution is -0.140. The van der Waals surface area contributed by atoms with Gasteiger partial charge in [-0.05, 0) is 37.6 Å². The van der Waals surface area contributed by atoms with E-state index in [1.807, 2.05) is 43.0 Å². The third-order valence-corrected chi connectivity index (χ3v) is 3.07. The van der Waals surface area contributed by atoms with Gasteiger partial charge in [0.2, 0.25) is 5.91 Å². The molecule has 1 fully saturated rings. The Hall–Kier alpha value is -1.81. The summed E-state index contributed by atoms with van der Waals surface area (Å²) in [5.74, 6) is 0.0128. The lowest BCUT2D eigenvalue weighted by Crippen LogP contribution is -2.50. The van der Waals surface area contributed by atoms with E-state index < -0.39 is 0 Å². The van der Waals surface area contributed by atoms with E-state index >= 15 is 0 Å². The van der Waals surface area contributed by atoms with Crippen molar-refractivity contribution < 1.29 is 9.53 Å². The molecule has 0 atom stereocenters. The van der Waals surface area contributed by atoms with E-state index in [9.17, 15) is 4.79 Å². The van der Waals surface area contributed by atoms with Crippen molar-refractivity contribution in [1.82, 2.24) is 4.90 Å². The topological polar surface area (TPSA) is 55.6 Å². The number of hydrogen-bond donors (Lipinski definition) is 1. The Bertz CT molecular complexity index is 495. The number of carbonyl (C=O) groups excluding carboxylic acids is 1. The number of hydrogen-bond acceptors (Lipinski definition) is 3. The minimum atomic E-state index is -0.265. The number of carbonyl (C=O) groups is 1. The molecular formula is C15H20N2O2. The van der Waals surface area contributed by atoms with Crippen molar-refractivity contribution in [2.75, 3.05) is 25.4 Å². The molecule has 1 aromatic carbocycles. The number of benzene rings is 1. The molecule has 1 aliphatic heterocycles. The summed E-state index contributed by atoms with van der Waals surface area (Å²) in [4.78, 5) is 13.9. The van der Waals surface area contributed by atoms with Gasteiger partial charge in [0.1, 0.15) is 0 Å². The molecule has 1 saturated heterocycles. The Kier molecular flexibility index (Phi) is 3.90. The van der Waals surface area contributed by atoms with Crippen molar-refractivity contribution in [3.05, 3.63) is 35.9 Å². The molecule has 0 aliphatic carbocycles. The largest absolute Gasteiger partial charge is 0.399 e. The molecule has 2 N–H and O–H groups in total. The van der Waals surface area contributed by atoms with Crippen molar-refractivity contribution in [3.8, 4) is 0 Å². The summed E-state index contributed by atoms with van der Waals surface area (Å²) in [5.41, 5.74) is 7.06. The Morgan fingerprint density at radius 2 is 2.26 bits per heavy atom. The monoisotopic (exact) mass is 260 g/mol. The van der Waals surface area contributed by atoms with Crippen LogP contribution in [-0.2, 0) is 9.53 Å². The number of anilines is 1. The molecule has 0 radical (unpaired) electrons. The highest BCUT2D eigenvalue weighted by Gasteiger charge is 2.28. The van der Waals surface area contributed by atoms with Crippen LogP contribution in [0.2, 0.25) is 0 Å². The highest BCUT2D eigenvalue weighted by atomic mass is 16.5. The SMILES string of the molecule is CC1(C)CN(C(=O)/C=C/c2cccc(N)c2)CCO1. The molecule has 1 amide bonds. The molecule has 0 aromatic heterocycles. The zero-order valence-corrected chi connectivity index (χ0v) is 11.4. The molecule has 0 unspecified atom stereocenters. The maximum Gasteiger partial charge on any atom is 0.246 e. The smallest absolute Gasteiger partial charge is 0.246 e. The predicted molar refractivity (Wildman–Crippen MR) is 76.5 cm³/mol. The number of nitrogen functional groups attached to an aromatic ring is 1. The Morgan fingerprint density at radius 3 is 2.95 bits per heavy atom. The highest BCUT2D eigenvalue weighted by molar-refractivity contribution is 5.92. The first-order valence-electron chi connectivity index (χ1n) is 6.43. The van der Waals surface area contributed by atoms with Gasteiger partial charge in [0.15, 0.2) is 0 Å². The Balaban J connectivity index is 2.01. The van der Waals surface area contributed by atoms with Crippen LogP contribution in [0.1, 0.15) is 19.4 Å². The van der Waals surface area contributed by atoms with Crippen LogP contribution in [-0.4, -0.2) is 36.1 Å². The minimum absolute atomic E-state index is 0.0128. The number of nitrogens with two attached hydrogens (primary N) is 1. The normalized spacial score (nSPS) is 18.7. The van der Waals surface area contributed by atoms with Gasteiger partial charge in [-0.25, -0.2) is 0 Å². The van der Waals surface area contributed by atoms with Gasteiger partial charge in [-0.1, -0.05) is 12.1 Å². The average Bonchev–Trinajstić information content (AvgIpc) is 2.35. The molecule has 1 aromatic rings. The van der Waals surface area contributed by atoms with E-state index in [-0.39, 0.29) is 11.5 Å². The van der Waals surface area contributed by atoms with Crippen LogP contribution < -0.4 is 5.73 Å². The molecule has 1 aliphatic rings. The van der Waals surface area contributed by atoms with Crippen molar-refractivity contribution in [2.45, 2.75) is 19.4 Å². The molecule has 19 heavy (non-hydrogen) atoms. The minimum Gasteiger partial charge on any atom is -0.399 e. The molecular weight excluding hydrogens is 240 g/mol. The zero-order valence-electron chi connectivity index (χ0n) is 11.4. The maximum atomic E-state index is 12.1. The van der Waals surface area contributed by atoms with Gasteiger partial charge in [-0.2, -0.15) is 0 Å². The van der Waals surface area contributed by atoms with Gasteiger partial charge in [-0.15, -0.1) is 0 Å². The van der Waals surface area contributed by atoms with E-state index in [1.165, 1.54) is 0 Å². The van der Waals surface area contributed by atoms with Gasteiger partial charge >= 0.3 is 0 Å². The van der Waals surface area contributed by atoms with Crippen LogP contribution in [0.3, 0.4) is 0 Å². The molecule has 0 spiro atoms. The van der Waals surface area contributed by atoms with Crippen LogP contribution in [0, 0.1) is 0 Å². The molecule has 4 nitrogen and oxygen atoms in total. The Morgan fingerprint density at radius 1 is 1.47 bits per heavy atom. The summed E-state index contributed by atoms with van der Waals surface area (Å²) in [6.45, 7) is 5.84. The molecule has 1 heterocycles. The number of rotatable bonds is 2. The second-order valence-electron chi connectivity index (χ2n) is 5.37. The fourth-order valence-electron chi connectivity index (χ4n) is 2.14. The van der Waals surface area contributed by atoms with Crippen molar-refractivity contribution in [3.63, 3.8) is 0 Å². The van der Waals surface area contributed by atoms with Crippen LogP contribution >= 0.6 is 0 Å². The summed E-state index contributed by atoms with van der Waals surface area (Å²) < 4.78 is 5.59. The third kappa shape index (κ3) is 3.83. The van der Waals surface area contributed by atoms with Crippen molar-refractivity contribution in [1.29, 1.82) is 0 Å². The summed E-state index contributed by atoms with van der Waals surface area (Å²) in [6, 6.07) is 7.46. The van der Waals surface area contributed by atoms with E-state index in [0.29, 0.717) is 25.4 Å². The van der Waals surface area contributed by atoms with Crippen molar-refractivity contribution in [2.24, 2.45) is 0 Å². The quantitative estimate of drug-likeness (QED) is 0.653. The predicted octanol–water partition coefficient (Wildman–Crippen LogP) is 1.92. The fourth-order valence-corrected chi connectivity index (χ4v) is 2.14. The van der Waals surface area contributed by atoms with Gasteiger partial charge in [0.25, 0.3) is 0 Å². The molecule has 4 heteroatoms. The first-order chi connectivity index (χ1) is 8.96. The number of amides is 1. The second kappa shape index (κ2) is 5.45. The molecule has 0 saturated carbocycles. The van der Waals surface area contributed by atoms with Crippen LogP contribution in [0.5, 0.6) is 0 Å². The van der Waals surface area contributed by atoms with E-state index in [4.69, 9.17) is 10.5 Å². The highest BCUT2D eigenvalue weighted by Crippen LogP contribution is 2.17. The first kappa shape index (κ1) is 13.6. The van der Waals surface area contributed by atoms with Gasteiger partial charge in [-0.3, -0.25) is 4.79 Å². The van der Waals surface area contributed by atoms with Crippen LogP contribution in [0.15, 0.2) is 30.3 Å². The van der Waals surface area contributed by atoms with E-state index in [2.05, 4.69) is 0 Å². The molecule has 102 valence electrons. The summed E-state index contributed by atoms with van der Waals surface area (Å²) in [7, 11) is 0. The lowest BCUT2D eigenvalue weighted by atomic mass is 10.1. The van der Waals surface area contributed by atoms with Gasteiger partial charge in [0.05, 0.1) is 12.2 Å². The maximum absolute atomic E-state index is 12.1. The Labute approximate surface area is 113 Å². The van der Waals surface area contributed by atoms with Crippen LogP contribution in [0.25, 0.3) is 6.08 Å². The first-order valence-corrected chi connectivity index (χ1v) is 6.43. The van der Waals surface area contributed by atoms with Gasteiger partial charge in [0, 0.05) is 24.9 Å². The van der Waals surface area contributed by atoms with Crippen LogP contribution in [0.4, 0.5) is 5.69 Å². The summed E-state index contributed by atoms with van der Waals surface area (Å²) in [5, 5.41) is 0. The summed E-state index contributed by atoms with van der Waals surface area (Å²) in [6.07, 6.45) is 3.39. The molecule has 2 rings (SSSR count). The average molecular weight is 260 g/mol. The summed E-state index contributed by atoms with van der Waals surface area (Å²) >= 11 is 0. The van der Waals surface area contributed by atoms with E-state index in [1.54, 1.807) is 12.2 Å². The standard InChI is InChI=1S/C15H20N2O2/c1-15(2)11-17(8-9-19-15)14(18)7-6-12-4-3-5-13(16)10-12/h3-7,10H,8-9,11,16H2,1-2H3/b7-6+. The van der Waals surface area contributed by atoms with Crippen molar-refractivity contribution >= 4 is 17.7 Å². The molecule has 0 bridgehead atoms. The third-order valence-electron chi connectivity index (χ3n) is 3.07. The lowest BCUT2D eigenvalue weighted by Gasteiger charge is -2.37. The van der Waals surface area contributed by atoms with E-state index in [0.717, 1.165) is 5.56 Å². The zero-order chi connectivity index (χ0) is 13.9. The van der Waals surface area contributed by atoms with Gasteiger partial charge < -0.3 is 15.4 Å². The number of ether oxygens (including phenoxy) is 1. The second-order valence-corrected chi connectivity index (χ2v) is 5.37. The fraction of sp³-hybridized carbons (Fsp3) is 0.400. The number of nitrogens with zero attached hydrogens (tertiary/aromatic N) is 1. The number of morpholine rings is 1.